The van der Waals surface area contributed by atoms with Crippen molar-refractivity contribution >= 4 is 37.6 Å². The zero-order chi connectivity index (χ0) is 17.2. The Labute approximate surface area is 162 Å². The smallest absolute Gasteiger partial charge is 0.132 e. The van der Waals surface area contributed by atoms with E-state index in [9.17, 15) is 4.79 Å². The van der Waals surface area contributed by atoms with E-state index in [1.165, 1.54) is 11.1 Å². The molecule has 0 spiro atoms. The summed E-state index contributed by atoms with van der Waals surface area (Å²) < 4.78 is 2.23. The average Bonchev–Trinajstić information content (AvgIpc) is 2.59. The second-order valence-electron chi connectivity index (χ2n) is 6.21. The molecule has 0 amide bonds. The Balaban J connectivity index is 1.52. The largest absolute Gasteiger partial charge is 0.300 e. The van der Waals surface area contributed by atoms with E-state index in [0.717, 1.165) is 60.3 Å². The van der Waals surface area contributed by atoms with Gasteiger partial charge in [-0.15, -0.1) is 0 Å². The lowest BCUT2D eigenvalue weighted by Crippen LogP contribution is -1.99. The Bertz CT molecular complexity index is 562. The normalized spacial score (nSPS) is 10.8. The first-order valence-electron chi connectivity index (χ1n) is 8.64. The molecule has 0 bridgehead atoms. The summed E-state index contributed by atoms with van der Waals surface area (Å²) in [6.07, 6.45) is 7.76. The number of unbranched alkanes of at least 4 members (excludes halogenated alkanes) is 2. The summed E-state index contributed by atoms with van der Waals surface area (Å²) in [6, 6.07) is 16.9. The van der Waals surface area contributed by atoms with Crippen LogP contribution in [0.5, 0.6) is 0 Å². The number of rotatable bonds is 10. The Kier molecular flexibility index (Phi) is 8.76. The molecule has 2 aromatic rings. The summed E-state index contributed by atoms with van der Waals surface area (Å²) in [5.41, 5.74) is 2.69. The summed E-state index contributed by atoms with van der Waals surface area (Å²) in [7, 11) is 0. The van der Waals surface area contributed by atoms with E-state index in [0.29, 0.717) is 5.78 Å². The zero-order valence-electron chi connectivity index (χ0n) is 13.9. The maximum atomic E-state index is 11.9. The van der Waals surface area contributed by atoms with E-state index in [2.05, 4.69) is 80.4 Å². The molecule has 0 aliphatic heterocycles. The van der Waals surface area contributed by atoms with Gasteiger partial charge in [0.1, 0.15) is 5.78 Å². The van der Waals surface area contributed by atoms with Crippen molar-refractivity contribution in [1.82, 2.24) is 0 Å². The first-order chi connectivity index (χ1) is 11.6. The van der Waals surface area contributed by atoms with Crippen LogP contribution in [-0.2, 0) is 17.6 Å². The van der Waals surface area contributed by atoms with Crippen LogP contribution in [0.15, 0.2) is 57.5 Å². The summed E-state index contributed by atoms with van der Waals surface area (Å²) in [5, 5.41) is 0. The van der Waals surface area contributed by atoms with E-state index in [-0.39, 0.29) is 0 Å². The number of hydrogen-bond donors (Lipinski definition) is 0. The van der Waals surface area contributed by atoms with Gasteiger partial charge in [0.15, 0.2) is 0 Å². The van der Waals surface area contributed by atoms with Gasteiger partial charge in [-0.1, -0.05) is 56.1 Å². The highest BCUT2D eigenvalue weighted by Crippen LogP contribution is 2.15. The Morgan fingerprint density at radius 2 is 1.00 bits per heavy atom. The molecule has 0 atom stereocenters. The SMILES string of the molecule is O=C(CCCCc1ccc(Br)cc1)CCCCc1ccc(Br)cc1. The highest BCUT2D eigenvalue weighted by molar-refractivity contribution is 9.10. The molecule has 0 aliphatic carbocycles. The molecule has 0 aromatic heterocycles. The molecule has 2 rings (SSSR count). The number of ketones is 1. The van der Waals surface area contributed by atoms with Gasteiger partial charge in [-0.25, -0.2) is 0 Å². The minimum Gasteiger partial charge on any atom is -0.300 e. The highest BCUT2D eigenvalue weighted by Gasteiger charge is 2.03. The average molecular weight is 452 g/mol. The van der Waals surface area contributed by atoms with Crippen LogP contribution < -0.4 is 0 Å². The van der Waals surface area contributed by atoms with Gasteiger partial charge >= 0.3 is 0 Å². The molecule has 0 saturated heterocycles. The second-order valence-corrected chi connectivity index (χ2v) is 8.04. The molecule has 1 nitrogen and oxygen atoms in total. The van der Waals surface area contributed by atoms with Crippen LogP contribution in [-0.4, -0.2) is 5.78 Å². The van der Waals surface area contributed by atoms with Gasteiger partial charge in [0.05, 0.1) is 0 Å². The monoisotopic (exact) mass is 450 g/mol. The van der Waals surface area contributed by atoms with Gasteiger partial charge in [-0.2, -0.15) is 0 Å². The van der Waals surface area contributed by atoms with E-state index >= 15 is 0 Å². The van der Waals surface area contributed by atoms with Crippen molar-refractivity contribution in [3.8, 4) is 0 Å². The maximum Gasteiger partial charge on any atom is 0.132 e. The van der Waals surface area contributed by atoms with Gasteiger partial charge in [0.2, 0.25) is 0 Å². The topological polar surface area (TPSA) is 17.1 Å². The van der Waals surface area contributed by atoms with Crippen LogP contribution in [0.3, 0.4) is 0 Å². The Morgan fingerprint density at radius 1 is 0.625 bits per heavy atom. The van der Waals surface area contributed by atoms with Crippen LogP contribution in [0, 0.1) is 0 Å². The van der Waals surface area contributed by atoms with Crippen LogP contribution in [0.1, 0.15) is 49.7 Å². The molecular weight excluding hydrogens is 428 g/mol. The standard InChI is InChI=1S/C21H24Br2O/c22-19-13-9-17(10-14-19)5-1-3-7-21(24)8-4-2-6-18-11-15-20(23)16-12-18/h9-16H,1-8H2. The van der Waals surface area contributed by atoms with Gasteiger partial charge < -0.3 is 0 Å². The molecule has 0 unspecified atom stereocenters. The lowest BCUT2D eigenvalue weighted by molar-refractivity contribution is -0.119. The van der Waals surface area contributed by atoms with E-state index in [1.54, 1.807) is 0 Å². The molecule has 0 aliphatic rings. The van der Waals surface area contributed by atoms with Gasteiger partial charge in [0.25, 0.3) is 0 Å². The minimum atomic E-state index is 0.418. The van der Waals surface area contributed by atoms with Crippen LogP contribution in [0.25, 0.3) is 0 Å². The molecule has 0 N–H and O–H groups in total. The fourth-order valence-electron chi connectivity index (χ4n) is 2.73. The second kappa shape index (κ2) is 10.8. The summed E-state index contributed by atoms with van der Waals surface area (Å²) in [6.45, 7) is 0. The highest BCUT2D eigenvalue weighted by atomic mass is 79.9. The number of Topliss-reactive ketones (excluding diaryl/α,β-unsaturated/α-hetero) is 1. The summed E-state index contributed by atoms with van der Waals surface area (Å²) in [4.78, 5) is 11.9. The van der Waals surface area contributed by atoms with Crippen molar-refractivity contribution < 1.29 is 4.79 Å². The van der Waals surface area contributed by atoms with Crippen molar-refractivity contribution in [2.45, 2.75) is 51.4 Å². The van der Waals surface area contributed by atoms with Crippen molar-refractivity contribution in [3.63, 3.8) is 0 Å². The number of carbonyl (C=O) groups is 1. The quantitative estimate of drug-likeness (QED) is 0.358. The van der Waals surface area contributed by atoms with Crippen molar-refractivity contribution in [1.29, 1.82) is 0 Å². The number of aryl methyl sites for hydroxylation is 2. The van der Waals surface area contributed by atoms with Crippen LogP contribution >= 0.6 is 31.9 Å². The molecule has 0 fully saturated rings. The molecule has 0 heterocycles. The predicted octanol–water partition coefficient (Wildman–Crippen LogP) is 6.91. The van der Waals surface area contributed by atoms with E-state index < -0.39 is 0 Å². The third-order valence-electron chi connectivity index (χ3n) is 4.17. The lowest BCUT2D eigenvalue weighted by Gasteiger charge is -2.04. The maximum absolute atomic E-state index is 11.9. The van der Waals surface area contributed by atoms with Crippen molar-refractivity contribution in [2.75, 3.05) is 0 Å². The van der Waals surface area contributed by atoms with Crippen molar-refractivity contribution in [3.05, 3.63) is 68.6 Å². The zero-order valence-corrected chi connectivity index (χ0v) is 17.1. The van der Waals surface area contributed by atoms with Gasteiger partial charge in [-0.3, -0.25) is 4.79 Å². The third-order valence-corrected chi connectivity index (χ3v) is 5.23. The molecule has 3 heteroatoms. The summed E-state index contributed by atoms with van der Waals surface area (Å²) in [5.74, 6) is 0.418. The lowest BCUT2D eigenvalue weighted by atomic mass is 10.0. The van der Waals surface area contributed by atoms with E-state index in [1.807, 2.05) is 0 Å². The fraction of sp³-hybridized carbons (Fsp3) is 0.381. The Hall–Kier alpha value is -0.930. The minimum absolute atomic E-state index is 0.418. The van der Waals surface area contributed by atoms with E-state index in [4.69, 9.17) is 0 Å². The molecular formula is C21H24Br2O. The molecule has 24 heavy (non-hydrogen) atoms. The number of halogens is 2. The Morgan fingerprint density at radius 3 is 1.38 bits per heavy atom. The number of carbonyl (C=O) groups excluding carboxylic acids is 1. The first kappa shape index (κ1) is 19.4. The summed E-state index contributed by atoms with van der Waals surface area (Å²) >= 11 is 6.89. The third kappa shape index (κ3) is 7.76. The van der Waals surface area contributed by atoms with Crippen molar-refractivity contribution in [2.24, 2.45) is 0 Å². The first-order valence-corrected chi connectivity index (χ1v) is 10.2. The number of hydrogen-bond acceptors (Lipinski definition) is 1. The predicted molar refractivity (Wildman–Crippen MR) is 108 cm³/mol. The van der Waals surface area contributed by atoms with Gasteiger partial charge in [-0.05, 0) is 73.9 Å². The molecule has 128 valence electrons. The van der Waals surface area contributed by atoms with Gasteiger partial charge in [0, 0.05) is 21.8 Å². The molecule has 0 saturated carbocycles. The van der Waals surface area contributed by atoms with Crippen LogP contribution in [0.2, 0.25) is 0 Å². The van der Waals surface area contributed by atoms with Crippen LogP contribution in [0.4, 0.5) is 0 Å². The molecule has 0 radical (unpaired) electrons. The fourth-order valence-corrected chi connectivity index (χ4v) is 3.26. The molecule has 2 aromatic carbocycles. The number of benzene rings is 2.